The molecule has 0 spiro atoms. The fourth-order valence-corrected chi connectivity index (χ4v) is 3.83. The molecule has 0 aromatic carbocycles. The lowest BCUT2D eigenvalue weighted by Crippen LogP contribution is -2.31. The highest BCUT2D eigenvalue weighted by Crippen LogP contribution is 2.49. The largest absolute Gasteiger partial charge is 0.396 e. The summed E-state index contributed by atoms with van der Waals surface area (Å²) in [4.78, 5) is 11.9. The Kier molecular flexibility index (Phi) is 5.04. The van der Waals surface area contributed by atoms with Gasteiger partial charge in [-0.25, -0.2) is 0 Å². The van der Waals surface area contributed by atoms with Gasteiger partial charge < -0.3 is 10.4 Å². The van der Waals surface area contributed by atoms with Gasteiger partial charge in [-0.3, -0.25) is 4.79 Å². The summed E-state index contributed by atoms with van der Waals surface area (Å²) in [7, 11) is 0. The Morgan fingerprint density at radius 1 is 1.39 bits per heavy atom. The van der Waals surface area contributed by atoms with E-state index in [2.05, 4.69) is 12.2 Å². The molecule has 0 aromatic heterocycles. The van der Waals surface area contributed by atoms with Crippen molar-refractivity contribution in [3.63, 3.8) is 0 Å². The molecule has 2 saturated carbocycles. The molecular formula is C15H27NO2. The summed E-state index contributed by atoms with van der Waals surface area (Å²) in [6, 6.07) is 0. The van der Waals surface area contributed by atoms with Crippen LogP contribution in [0.5, 0.6) is 0 Å². The van der Waals surface area contributed by atoms with Crippen molar-refractivity contribution in [3.8, 4) is 0 Å². The van der Waals surface area contributed by atoms with Gasteiger partial charge in [0.1, 0.15) is 0 Å². The molecule has 3 heteroatoms. The first-order chi connectivity index (χ1) is 8.72. The molecule has 2 bridgehead atoms. The molecular weight excluding hydrogens is 226 g/mol. The van der Waals surface area contributed by atoms with Gasteiger partial charge in [0.2, 0.25) is 5.91 Å². The zero-order valence-corrected chi connectivity index (χ0v) is 11.5. The summed E-state index contributed by atoms with van der Waals surface area (Å²) >= 11 is 0. The quantitative estimate of drug-likeness (QED) is 0.731. The predicted octanol–water partition coefficient (Wildman–Crippen LogP) is 2.34. The van der Waals surface area contributed by atoms with Crippen molar-refractivity contribution >= 4 is 5.91 Å². The molecule has 4 atom stereocenters. The summed E-state index contributed by atoms with van der Waals surface area (Å²) in [5, 5.41) is 12.0. The smallest absolute Gasteiger partial charge is 0.220 e. The summed E-state index contributed by atoms with van der Waals surface area (Å²) in [5.74, 6) is 3.07. The molecule has 0 aromatic rings. The highest BCUT2D eigenvalue weighted by Gasteiger charge is 2.39. The number of carbonyl (C=O) groups excluding carboxylic acids is 1. The molecule has 104 valence electrons. The van der Waals surface area contributed by atoms with Crippen LogP contribution >= 0.6 is 0 Å². The van der Waals surface area contributed by atoms with Crippen molar-refractivity contribution in [2.75, 3.05) is 13.2 Å². The molecule has 2 aliphatic rings. The van der Waals surface area contributed by atoms with Gasteiger partial charge >= 0.3 is 0 Å². The third-order valence-corrected chi connectivity index (χ3v) is 5.03. The average molecular weight is 253 g/mol. The Morgan fingerprint density at radius 3 is 2.78 bits per heavy atom. The number of nitrogens with one attached hydrogen (secondary N) is 1. The van der Waals surface area contributed by atoms with Crippen LogP contribution in [0.25, 0.3) is 0 Å². The molecule has 2 fully saturated rings. The molecule has 0 radical (unpaired) electrons. The molecule has 0 heterocycles. The van der Waals surface area contributed by atoms with E-state index >= 15 is 0 Å². The molecule has 3 nitrogen and oxygen atoms in total. The fourth-order valence-electron chi connectivity index (χ4n) is 3.83. The standard InChI is InChI=1S/C15H27NO2/c1-2-11(5-6-17)10-16-15(18)9-14-8-12-3-4-13(14)7-12/h11-14,17H,2-10H2,1H3,(H,16,18). The first kappa shape index (κ1) is 13.9. The van der Waals surface area contributed by atoms with Crippen molar-refractivity contribution in [1.82, 2.24) is 5.32 Å². The van der Waals surface area contributed by atoms with Crippen molar-refractivity contribution in [3.05, 3.63) is 0 Å². The summed E-state index contributed by atoms with van der Waals surface area (Å²) < 4.78 is 0. The number of amides is 1. The van der Waals surface area contributed by atoms with Gasteiger partial charge in [-0.15, -0.1) is 0 Å². The van der Waals surface area contributed by atoms with Crippen LogP contribution in [0.4, 0.5) is 0 Å². The maximum absolute atomic E-state index is 11.9. The number of carbonyl (C=O) groups is 1. The van der Waals surface area contributed by atoms with Crippen LogP contribution in [0.3, 0.4) is 0 Å². The van der Waals surface area contributed by atoms with Crippen LogP contribution < -0.4 is 5.32 Å². The molecule has 2 aliphatic carbocycles. The average Bonchev–Trinajstić information content (AvgIpc) is 2.96. The zero-order chi connectivity index (χ0) is 13.0. The number of aliphatic hydroxyl groups is 1. The fraction of sp³-hybridized carbons (Fsp3) is 0.933. The minimum absolute atomic E-state index is 0.223. The van der Waals surface area contributed by atoms with Crippen LogP contribution in [0.15, 0.2) is 0 Å². The van der Waals surface area contributed by atoms with Crippen LogP contribution in [-0.2, 0) is 4.79 Å². The minimum atomic E-state index is 0.223. The third-order valence-electron chi connectivity index (χ3n) is 5.03. The molecule has 18 heavy (non-hydrogen) atoms. The molecule has 4 unspecified atom stereocenters. The van der Waals surface area contributed by atoms with E-state index in [0.29, 0.717) is 11.8 Å². The van der Waals surface area contributed by atoms with Gasteiger partial charge in [-0.1, -0.05) is 19.8 Å². The van der Waals surface area contributed by atoms with Crippen LogP contribution in [0.2, 0.25) is 0 Å². The summed E-state index contributed by atoms with van der Waals surface area (Å²) in [6.45, 7) is 3.07. The van der Waals surface area contributed by atoms with E-state index in [1.54, 1.807) is 0 Å². The second-order valence-corrected chi connectivity index (χ2v) is 6.23. The number of rotatable bonds is 7. The van der Waals surface area contributed by atoms with E-state index in [0.717, 1.165) is 37.6 Å². The highest BCUT2D eigenvalue weighted by molar-refractivity contribution is 5.76. The Morgan fingerprint density at radius 2 is 2.22 bits per heavy atom. The van der Waals surface area contributed by atoms with Crippen LogP contribution in [0.1, 0.15) is 51.9 Å². The molecule has 1 amide bonds. The SMILES string of the molecule is CCC(CCO)CNC(=O)CC1CC2CCC1C2. The number of aliphatic hydroxyl groups excluding tert-OH is 1. The monoisotopic (exact) mass is 253 g/mol. The lowest BCUT2D eigenvalue weighted by molar-refractivity contribution is -0.122. The Balaban J connectivity index is 1.66. The Bertz CT molecular complexity index is 280. The maximum Gasteiger partial charge on any atom is 0.220 e. The van der Waals surface area contributed by atoms with Gasteiger partial charge in [-0.05, 0) is 49.4 Å². The van der Waals surface area contributed by atoms with Crippen molar-refractivity contribution in [2.24, 2.45) is 23.7 Å². The van der Waals surface area contributed by atoms with Crippen molar-refractivity contribution in [2.45, 2.75) is 51.9 Å². The molecule has 2 rings (SSSR count). The zero-order valence-electron chi connectivity index (χ0n) is 11.5. The minimum Gasteiger partial charge on any atom is -0.396 e. The Labute approximate surface area is 110 Å². The topological polar surface area (TPSA) is 49.3 Å². The molecule has 0 aliphatic heterocycles. The van der Waals surface area contributed by atoms with Crippen molar-refractivity contribution in [1.29, 1.82) is 0 Å². The number of fused-ring (bicyclic) bond motifs is 2. The Hall–Kier alpha value is -0.570. The van der Waals surface area contributed by atoms with Gasteiger partial charge in [0.05, 0.1) is 0 Å². The third kappa shape index (κ3) is 3.47. The normalized spacial score (nSPS) is 31.6. The van der Waals surface area contributed by atoms with E-state index in [9.17, 15) is 4.79 Å². The van der Waals surface area contributed by atoms with E-state index in [-0.39, 0.29) is 12.5 Å². The van der Waals surface area contributed by atoms with Gasteiger partial charge in [0.15, 0.2) is 0 Å². The van der Waals surface area contributed by atoms with Gasteiger partial charge in [0.25, 0.3) is 0 Å². The highest BCUT2D eigenvalue weighted by atomic mass is 16.3. The summed E-state index contributed by atoms with van der Waals surface area (Å²) in [5.41, 5.74) is 0. The van der Waals surface area contributed by atoms with Gasteiger partial charge in [0, 0.05) is 19.6 Å². The maximum atomic E-state index is 11.9. The van der Waals surface area contributed by atoms with Crippen molar-refractivity contribution < 1.29 is 9.90 Å². The number of hydrogen-bond acceptors (Lipinski definition) is 2. The molecule has 0 saturated heterocycles. The first-order valence-corrected chi connectivity index (χ1v) is 7.60. The van der Waals surface area contributed by atoms with Crippen LogP contribution in [0, 0.1) is 23.7 Å². The van der Waals surface area contributed by atoms with Crippen LogP contribution in [-0.4, -0.2) is 24.2 Å². The summed E-state index contributed by atoms with van der Waals surface area (Å²) in [6.07, 6.45) is 7.96. The predicted molar refractivity (Wildman–Crippen MR) is 72.0 cm³/mol. The van der Waals surface area contributed by atoms with E-state index in [1.165, 1.54) is 25.7 Å². The van der Waals surface area contributed by atoms with E-state index in [1.807, 2.05) is 0 Å². The first-order valence-electron chi connectivity index (χ1n) is 7.60. The van der Waals surface area contributed by atoms with E-state index in [4.69, 9.17) is 5.11 Å². The lowest BCUT2D eigenvalue weighted by Gasteiger charge is -2.21. The number of hydrogen-bond donors (Lipinski definition) is 2. The second-order valence-electron chi connectivity index (χ2n) is 6.23. The lowest BCUT2D eigenvalue weighted by atomic mass is 9.86. The van der Waals surface area contributed by atoms with E-state index < -0.39 is 0 Å². The van der Waals surface area contributed by atoms with Gasteiger partial charge in [-0.2, -0.15) is 0 Å². The molecule has 2 N–H and O–H groups in total. The second kappa shape index (κ2) is 6.55.